The van der Waals surface area contributed by atoms with Crippen LogP contribution in [0.2, 0.25) is 0 Å². The topological polar surface area (TPSA) is 55.4 Å². The highest BCUT2D eigenvalue weighted by atomic mass is 79.9. The van der Waals surface area contributed by atoms with Gasteiger partial charge in [-0.25, -0.2) is 4.79 Å². The molecule has 0 aromatic heterocycles. The number of anilines is 1. The normalized spacial score (nSPS) is 14.9. The second kappa shape index (κ2) is 6.02. The zero-order chi connectivity index (χ0) is 13.8. The fourth-order valence-corrected chi connectivity index (χ4v) is 1.87. The van der Waals surface area contributed by atoms with Crippen LogP contribution in [-0.4, -0.2) is 18.9 Å². The molecule has 5 heteroatoms. The van der Waals surface area contributed by atoms with Gasteiger partial charge in [-0.1, -0.05) is 15.9 Å². The van der Waals surface area contributed by atoms with Crippen LogP contribution in [0.4, 0.5) is 5.69 Å². The quantitative estimate of drug-likeness (QED) is 0.392. The van der Waals surface area contributed by atoms with Crippen molar-refractivity contribution in [2.24, 2.45) is 5.92 Å². The molecule has 100 valence electrons. The van der Waals surface area contributed by atoms with E-state index in [9.17, 15) is 9.59 Å². The molecular weight excluding hydrogens is 310 g/mol. The van der Waals surface area contributed by atoms with E-state index in [2.05, 4.69) is 26.0 Å². The van der Waals surface area contributed by atoms with E-state index in [-0.39, 0.29) is 17.3 Å². The van der Waals surface area contributed by atoms with Gasteiger partial charge in [0.2, 0.25) is 0 Å². The maximum Gasteiger partial charge on any atom is 0.343 e. The lowest BCUT2D eigenvalue weighted by atomic mass is 10.1. The van der Waals surface area contributed by atoms with Crippen molar-refractivity contribution in [1.29, 1.82) is 0 Å². The van der Waals surface area contributed by atoms with Gasteiger partial charge in [0.1, 0.15) is 5.57 Å². The summed E-state index contributed by atoms with van der Waals surface area (Å²) in [6, 6.07) is 7.43. The van der Waals surface area contributed by atoms with Crippen LogP contribution in [-0.2, 0) is 14.3 Å². The predicted octanol–water partition coefficient (Wildman–Crippen LogP) is 2.90. The Morgan fingerprint density at radius 3 is 2.47 bits per heavy atom. The highest BCUT2D eigenvalue weighted by Crippen LogP contribution is 2.32. The highest BCUT2D eigenvalue weighted by Gasteiger charge is 2.34. The smallest absolute Gasteiger partial charge is 0.343 e. The zero-order valence-electron chi connectivity index (χ0n) is 10.5. The second-order valence-corrected chi connectivity index (χ2v) is 5.26. The number of benzene rings is 1. The Hall–Kier alpha value is -1.62. The van der Waals surface area contributed by atoms with Crippen LogP contribution in [0.5, 0.6) is 0 Å². The SMILES string of the molecule is COC(=O)/C(=C\Nc1ccc(Br)cc1)C(=O)C1CC1. The Bertz CT molecular complexity index is 518. The summed E-state index contributed by atoms with van der Waals surface area (Å²) < 4.78 is 5.61. The fraction of sp³-hybridized carbons (Fsp3) is 0.286. The van der Waals surface area contributed by atoms with Gasteiger partial charge in [-0.3, -0.25) is 4.79 Å². The zero-order valence-corrected chi connectivity index (χ0v) is 12.1. The van der Waals surface area contributed by atoms with E-state index in [1.165, 1.54) is 13.3 Å². The number of carbonyl (C=O) groups is 2. The molecule has 1 saturated carbocycles. The maximum absolute atomic E-state index is 12.0. The summed E-state index contributed by atoms with van der Waals surface area (Å²) in [5, 5.41) is 2.95. The van der Waals surface area contributed by atoms with Crippen molar-refractivity contribution in [3.8, 4) is 0 Å². The molecule has 0 aliphatic heterocycles. The Kier molecular flexibility index (Phi) is 4.37. The number of methoxy groups -OCH3 is 1. The standard InChI is InChI=1S/C14H14BrNO3/c1-19-14(18)12(13(17)9-2-3-9)8-16-11-6-4-10(15)5-7-11/h4-9,16H,2-3H2,1H3/b12-8-. The third-order valence-electron chi connectivity index (χ3n) is 2.85. The number of hydrogen-bond donors (Lipinski definition) is 1. The Morgan fingerprint density at radius 2 is 1.95 bits per heavy atom. The summed E-state index contributed by atoms with van der Waals surface area (Å²) >= 11 is 3.34. The molecule has 2 rings (SSSR count). The number of halogens is 1. The van der Waals surface area contributed by atoms with Gasteiger partial charge in [-0.15, -0.1) is 0 Å². The number of ether oxygens (including phenoxy) is 1. The number of ketones is 1. The second-order valence-electron chi connectivity index (χ2n) is 4.34. The molecule has 1 aliphatic rings. The molecule has 1 aromatic carbocycles. The van der Waals surface area contributed by atoms with E-state index >= 15 is 0 Å². The van der Waals surface area contributed by atoms with Crippen molar-refractivity contribution in [1.82, 2.24) is 0 Å². The van der Waals surface area contributed by atoms with Crippen LogP contribution in [0.1, 0.15) is 12.8 Å². The van der Waals surface area contributed by atoms with Gasteiger partial charge in [0.25, 0.3) is 0 Å². The molecule has 0 bridgehead atoms. The number of hydrogen-bond acceptors (Lipinski definition) is 4. The van der Waals surface area contributed by atoms with Gasteiger partial charge in [-0.2, -0.15) is 0 Å². The van der Waals surface area contributed by atoms with E-state index < -0.39 is 5.97 Å². The molecule has 0 spiro atoms. The summed E-state index contributed by atoms with van der Waals surface area (Å²) in [6.45, 7) is 0. The molecule has 0 unspecified atom stereocenters. The minimum Gasteiger partial charge on any atom is -0.465 e. The Balaban J connectivity index is 2.13. The van der Waals surface area contributed by atoms with Crippen LogP contribution in [0.3, 0.4) is 0 Å². The molecule has 0 amide bonds. The largest absolute Gasteiger partial charge is 0.465 e. The molecule has 1 fully saturated rings. The van der Waals surface area contributed by atoms with Crippen LogP contribution < -0.4 is 5.32 Å². The van der Waals surface area contributed by atoms with Gasteiger partial charge in [0.15, 0.2) is 5.78 Å². The fourth-order valence-electron chi connectivity index (χ4n) is 1.61. The summed E-state index contributed by atoms with van der Waals surface area (Å²) in [5.74, 6) is -0.755. The van der Waals surface area contributed by atoms with Crippen LogP contribution in [0.15, 0.2) is 40.5 Å². The first kappa shape index (κ1) is 13.8. The van der Waals surface area contributed by atoms with Gasteiger partial charge in [-0.05, 0) is 37.1 Å². The van der Waals surface area contributed by atoms with E-state index in [0.29, 0.717) is 0 Å². The Morgan fingerprint density at radius 1 is 1.32 bits per heavy atom. The predicted molar refractivity (Wildman–Crippen MR) is 75.6 cm³/mol. The van der Waals surface area contributed by atoms with Gasteiger partial charge >= 0.3 is 5.97 Å². The monoisotopic (exact) mass is 323 g/mol. The van der Waals surface area contributed by atoms with Crippen LogP contribution in [0.25, 0.3) is 0 Å². The minimum atomic E-state index is -0.596. The summed E-state index contributed by atoms with van der Waals surface area (Å²) in [6.07, 6.45) is 3.13. The molecule has 1 aromatic rings. The average Bonchev–Trinajstić information content (AvgIpc) is 3.24. The number of Topliss-reactive ketones (excluding diaryl/α,β-unsaturated/α-hetero) is 1. The molecule has 0 atom stereocenters. The third kappa shape index (κ3) is 3.67. The number of rotatable bonds is 5. The van der Waals surface area contributed by atoms with Crippen molar-refractivity contribution < 1.29 is 14.3 Å². The van der Waals surface area contributed by atoms with Gasteiger partial charge < -0.3 is 10.1 Å². The molecule has 1 aliphatic carbocycles. The molecule has 19 heavy (non-hydrogen) atoms. The lowest BCUT2D eigenvalue weighted by molar-refractivity contribution is -0.138. The molecule has 0 saturated heterocycles. The maximum atomic E-state index is 12.0. The highest BCUT2D eigenvalue weighted by molar-refractivity contribution is 9.10. The lowest BCUT2D eigenvalue weighted by Crippen LogP contribution is -2.17. The lowest BCUT2D eigenvalue weighted by Gasteiger charge is -2.06. The minimum absolute atomic E-state index is 0.0166. The summed E-state index contributed by atoms with van der Waals surface area (Å²) in [7, 11) is 1.27. The van der Waals surface area contributed by atoms with Crippen molar-refractivity contribution in [3.63, 3.8) is 0 Å². The van der Waals surface area contributed by atoms with Gasteiger partial charge in [0.05, 0.1) is 7.11 Å². The van der Waals surface area contributed by atoms with E-state index in [1.54, 1.807) is 0 Å². The molecule has 4 nitrogen and oxygen atoms in total. The third-order valence-corrected chi connectivity index (χ3v) is 3.37. The van der Waals surface area contributed by atoms with Gasteiger partial charge in [0, 0.05) is 22.3 Å². The first-order valence-corrected chi connectivity index (χ1v) is 6.76. The van der Waals surface area contributed by atoms with E-state index in [0.717, 1.165) is 23.0 Å². The summed E-state index contributed by atoms with van der Waals surface area (Å²) in [5.41, 5.74) is 0.876. The molecule has 0 radical (unpaired) electrons. The number of esters is 1. The van der Waals surface area contributed by atoms with Crippen molar-refractivity contribution in [2.75, 3.05) is 12.4 Å². The Labute approximate surface area is 120 Å². The molecule has 1 N–H and O–H groups in total. The van der Waals surface area contributed by atoms with Crippen molar-refractivity contribution >= 4 is 33.4 Å². The van der Waals surface area contributed by atoms with E-state index in [4.69, 9.17) is 0 Å². The van der Waals surface area contributed by atoms with Crippen molar-refractivity contribution in [2.45, 2.75) is 12.8 Å². The molecular formula is C14H14BrNO3. The first-order valence-electron chi connectivity index (χ1n) is 5.96. The number of carbonyl (C=O) groups excluding carboxylic acids is 2. The van der Waals surface area contributed by atoms with Crippen LogP contribution in [0, 0.1) is 5.92 Å². The van der Waals surface area contributed by atoms with E-state index in [1.807, 2.05) is 24.3 Å². The molecule has 0 heterocycles. The average molecular weight is 324 g/mol. The summed E-state index contributed by atoms with van der Waals surface area (Å²) in [4.78, 5) is 23.6. The van der Waals surface area contributed by atoms with Crippen molar-refractivity contribution in [3.05, 3.63) is 40.5 Å². The van der Waals surface area contributed by atoms with Crippen LogP contribution >= 0.6 is 15.9 Å². The first-order chi connectivity index (χ1) is 9.11. The number of nitrogens with one attached hydrogen (secondary N) is 1.